The van der Waals surface area contributed by atoms with Crippen LogP contribution in [-0.2, 0) is 0 Å². The van der Waals surface area contributed by atoms with E-state index in [1.807, 2.05) is 24.4 Å². The third-order valence-electron chi connectivity index (χ3n) is 4.21. The van der Waals surface area contributed by atoms with E-state index in [0.29, 0.717) is 0 Å². The van der Waals surface area contributed by atoms with Crippen LogP contribution in [0.5, 0.6) is 0 Å². The lowest BCUT2D eigenvalue weighted by Crippen LogP contribution is -1.99. The van der Waals surface area contributed by atoms with Crippen molar-refractivity contribution < 1.29 is 0 Å². The first-order valence-corrected chi connectivity index (χ1v) is 10.1. The number of nitrogens with one attached hydrogen (secondary N) is 1. The molecule has 0 fully saturated rings. The van der Waals surface area contributed by atoms with Crippen molar-refractivity contribution in [2.45, 2.75) is 13.8 Å². The molecule has 0 bridgehead atoms. The molecule has 0 atom stereocenters. The Kier molecular flexibility index (Phi) is 4.78. The van der Waals surface area contributed by atoms with Crippen molar-refractivity contribution in [3.8, 4) is 5.69 Å². The number of aryl methyl sites for hydroxylation is 1. The Labute approximate surface area is 169 Å². The molecule has 0 aliphatic rings. The summed E-state index contributed by atoms with van der Waals surface area (Å²) in [7, 11) is 0. The van der Waals surface area contributed by atoms with Gasteiger partial charge < -0.3 is 4.57 Å². The van der Waals surface area contributed by atoms with Crippen LogP contribution in [0.15, 0.2) is 59.7 Å². The van der Waals surface area contributed by atoms with Gasteiger partial charge in [0.25, 0.3) is 0 Å². The van der Waals surface area contributed by atoms with E-state index in [1.165, 1.54) is 20.6 Å². The van der Waals surface area contributed by atoms with Crippen molar-refractivity contribution in [1.29, 1.82) is 0 Å². The van der Waals surface area contributed by atoms with Gasteiger partial charge in [-0.1, -0.05) is 23.5 Å². The van der Waals surface area contributed by atoms with Gasteiger partial charge in [-0.15, -0.1) is 0 Å². The molecular formula is C20H17IN4S. The second-order valence-electron chi connectivity index (χ2n) is 6.00. The molecule has 0 radical (unpaired) electrons. The SMILES string of the molecule is Cc1cc(/C=N/Nc2nc3ccccc3s2)c(C)n1-c1ccc(I)cc1. The van der Waals surface area contributed by atoms with E-state index < -0.39 is 0 Å². The van der Waals surface area contributed by atoms with Gasteiger partial charge in [-0.3, -0.25) is 5.43 Å². The van der Waals surface area contributed by atoms with Crippen LogP contribution in [0.3, 0.4) is 0 Å². The maximum absolute atomic E-state index is 4.53. The number of para-hydroxylation sites is 1. The van der Waals surface area contributed by atoms with Gasteiger partial charge in [-0.2, -0.15) is 5.10 Å². The third-order valence-corrected chi connectivity index (χ3v) is 5.87. The monoisotopic (exact) mass is 472 g/mol. The van der Waals surface area contributed by atoms with Crippen LogP contribution >= 0.6 is 33.9 Å². The predicted octanol–water partition coefficient (Wildman–Crippen LogP) is 5.75. The van der Waals surface area contributed by atoms with Gasteiger partial charge in [-0.05, 0) is 78.9 Å². The summed E-state index contributed by atoms with van der Waals surface area (Å²) in [5.74, 6) is 0. The largest absolute Gasteiger partial charge is 0.318 e. The fourth-order valence-electron chi connectivity index (χ4n) is 2.98. The molecule has 0 saturated carbocycles. The summed E-state index contributed by atoms with van der Waals surface area (Å²) in [5.41, 5.74) is 8.65. The van der Waals surface area contributed by atoms with E-state index in [0.717, 1.165) is 20.9 Å². The van der Waals surface area contributed by atoms with Crippen molar-refractivity contribution in [1.82, 2.24) is 9.55 Å². The maximum atomic E-state index is 4.53. The van der Waals surface area contributed by atoms with E-state index in [2.05, 4.69) is 92.9 Å². The van der Waals surface area contributed by atoms with Crippen LogP contribution < -0.4 is 5.43 Å². The molecule has 4 rings (SSSR count). The van der Waals surface area contributed by atoms with Crippen LogP contribution in [0.25, 0.3) is 15.9 Å². The number of hydrogen-bond donors (Lipinski definition) is 1. The second-order valence-corrected chi connectivity index (χ2v) is 8.27. The van der Waals surface area contributed by atoms with Crippen molar-refractivity contribution in [2.75, 3.05) is 5.43 Å². The standard InChI is InChI=1S/C20H17IN4S/c1-13-11-15(14(2)25(13)17-9-7-16(21)8-10-17)12-22-24-20-23-18-5-3-4-6-19(18)26-20/h3-12H,1-2H3,(H,23,24)/b22-12+. The topological polar surface area (TPSA) is 42.2 Å². The molecule has 2 heterocycles. The summed E-state index contributed by atoms with van der Waals surface area (Å²) in [4.78, 5) is 4.53. The average molecular weight is 472 g/mol. The second kappa shape index (κ2) is 7.20. The fraction of sp³-hybridized carbons (Fsp3) is 0.100. The molecule has 1 N–H and O–H groups in total. The number of benzene rings is 2. The van der Waals surface area contributed by atoms with E-state index >= 15 is 0 Å². The Morgan fingerprint density at radius 3 is 2.65 bits per heavy atom. The summed E-state index contributed by atoms with van der Waals surface area (Å²) in [6.07, 6.45) is 1.86. The molecule has 4 aromatic rings. The fourth-order valence-corrected chi connectivity index (χ4v) is 4.16. The lowest BCUT2D eigenvalue weighted by molar-refractivity contribution is 0.964. The molecule has 0 spiro atoms. The number of fused-ring (bicyclic) bond motifs is 1. The van der Waals surface area contributed by atoms with Crippen LogP contribution in [0.4, 0.5) is 5.13 Å². The quantitative estimate of drug-likeness (QED) is 0.233. The first-order valence-electron chi connectivity index (χ1n) is 8.21. The van der Waals surface area contributed by atoms with E-state index in [1.54, 1.807) is 11.3 Å². The average Bonchev–Trinajstić information content (AvgIpc) is 3.17. The Morgan fingerprint density at radius 1 is 1.12 bits per heavy atom. The number of hydrazone groups is 1. The minimum absolute atomic E-state index is 0.800. The number of rotatable bonds is 4. The number of halogens is 1. The molecule has 2 aromatic heterocycles. The van der Waals surface area contributed by atoms with Crippen LogP contribution in [0, 0.1) is 17.4 Å². The van der Waals surface area contributed by atoms with Crippen molar-refractivity contribution in [3.63, 3.8) is 0 Å². The zero-order chi connectivity index (χ0) is 18.1. The van der Waals surface area contributed by atoms with Crippen LogP contribution in [0.2, 0.25) is 0 Å². The molecule has 0 saturated heterocycles. The highest BCUT2D eigenvalue weighted by Gasteiger charge is 2.09. The van der Waals surface area contributed by atoms with E-state index in [9.17, 15) is 0 Å². The summed E-state index contributed by atoms with van der Waals surface area (Å²) >= 11 is 3.92. The summed E-state index contributed by atoms with van der Waals surface area (Å²) in [5, 5.41) is 5.19. The van der Waals surface area contributed by atoms with Gasteiger partial charge >= 0.3 is 0 Å². The highest BCUT2D eigenvalue weighted by atomic mass is 127. The molecule has 26 heavy (non-hydrogen) atoms. The van der Waals surface area contributed by atoms with E-state index in [4.69, 9.17) is 0 Å². The molecule has 4 nitrogen and oxygen atoms in total. The van der Waals surface area contributed by atoms with Gasteiger partial charge in [0.2, 0.25) is 5.13 Å². The van der Waals surface area contributed by atoms with Gasteiger partial charge in [0.15, 0.2) is 0 Å². The van der Waals surface area contributed by atoms with Gasteiger partial charge in [0.1, 0.15) is 0 Å². The highest BCUT2D eigenvalue weighted by molar-refractivity contribution is 14.1. The Hall–Kier alpha value is -2.19. The number of nitrogens with zero attached hydrogens (tertiary/aromatic N) is 3. The summed E-state index contributed by atoms with van der Waals surface area (Å²) in [6, 6.07) is 18.8. The Bertz CT molecular complexity index is 1060. The molecule has 0 aliphatic heterocycles. The number of thiazole rings is 1. The smallest absolute Gasteiger partial charge is 0.204 e. The summed E-state index contributed by atoms with van der Waals surface area (Å²) in [6.45, 7) is 4.23. The van der Waals surface area contributed by atoms with Gasteiger partial charge in [-0.25, -0.2) is 4.98 Å². The first kappa shape index (κ1) is 17.2. The predicted molar refractivity (Wildman–Crippen MR) is 119 cm³/mol. The van der Waals surface area contributed by atoms with Crippen molar-refractivity contribution in [3.05, 3.63) is 75.1 Å². The van der Waals surface area contributed by atoms with Crippen molar-refractivity contribution in [2.24, 2.45) is 5.10 Å². The number of aromatic nitrogens is 2. The van der Waals surface area contributed by atoms with Gasteiger partial charge in [0.05, 0.1) is 16.4 Å². The molecule has 0 amide bonds. The Morgan fingerprint density at radius 2 is 1.88 bits per heavy atom. The minimum atomic E-state index is 0.800. The van der Waals surface area contributed by atoms with Crippen molar-refractivity contribution >= 4 is 55.5 Å². The number of hydrogen-bond acceptors (Lipinski definition) is 4. The molecule has 0 aliphatic carbocycles. The van der Waals surface area contributed by atoms with Crippen LogP contribution in [-0.4, -0.2) is 15.8 Å². The molecule has 130 valence electrons. The third kappa shape index (κ3) is 3.39. The van der Waals surface area contributed by atoms with Crippen LogP contribution in [0.1, 0.15) is 17.0 Å². The first-order chi connectivity index (χ1) is 12.6. The highest BCUT2D eigenvalue weighted by Crippen LogP contribution is 2.25. The molecule has 6 heteroatoms. The normalized spacial score (nSPS) is 11.5. The van der Waals surface area contributed by atoms with E-state index in [-0.39, 0.29) is 0 Å². The molecular weight excluding hydrogens is 455 g/mol. The molecule has 2 aromatic carbocycles. The minimum Gasteiger partial charge on any atom is -0.318 e. The number of anilines is 1. The zero-order valence-corrected chi connectivity index (χ0v) is 17.4. The molecule has 0 unspecified atom stereocenters. The lowest BCUT2D eigenvalue weighted by Gasteiger charge is -2.09. The Balaban J connectivity index is 1.57. The lowest BCUT2D eigenvalue weighted by atomic mass is 10.2. The summed E-state index contributed by atoms with van der Waals surface area (Å²) < 4.78 is 4.63. The zero-order valence-electron chi connectivity index (χ0n) is 14.4. The van der Waals surface area contributed by atoms with Gasteiger partial charge in [0, 0.05) is 26.2 Å². The maximum Gasteiger partial charge on any atom is 0.204 e.